The zero-order chi connectivity index (χ0) is 23.7. The van der Waals surface area contributed by atoms with E-state index >= 15 is 4.39 Å². The van der Waals surface area contributed by atoms with Gasteiger partial charge in [0.15, 0.2) is 11.6 Å². The average molecular weight is 468 g/mol. The van der Waals surface area contributed by atoms with Gasteiger partial charge in [-0.25, -0.2) is 9.37 Å². The Morgan fingerprint density at radius 1 is 1.29 bits per heavy atom. The number of ether oxygens (including phenoxy) is 1. The lowest BCUT2D eigenvalue weighted by molar-refractivity contribution is 0.0662. The van der Waals surface area contributed by atoms with E-state index in [1.807, 2.05) is 10.9 Å². The molecule has 1 atom stereocenters. The normalized spacial score (nSPS) is 20.6. The number of rotatable bonds is 7. The highest BCUT2D eigenvalue weighted by Crippen LogP contribution is 2.33. The molecule has 0 bridgehead atoms. The summed E-state index contributed by atoms with van der Waals surface area (Å²) >= 11 is 0. The summed E-state index contributed by atoms with van der Waals surface area (Å²) < 4.78 is 22.7. The number of amides is 1. The number of nitrogens with one attached hydrogen (secondary N) is 3. The van der Waals surface area contributed by atoms with Gasteiger partial charge in [0.25, 0.3) is 5.91 Å². The fourth-order valence-corrected chi connectivity index (χ4v) is 4.83. The fourth-order valence-electron chi connectivity index (χ4n) is 4.83. The van der Waals surface area contributed by atoms with Crippen molar-refractivity contribution in [2.45, 2.75) is 44.3 Å². The molecule has 5 rings (SSSR count). The number of pyridine rings is 1. The van der Waals surface area contributed by atoms with Crippen LogP contribution in [0.1, 0.15) is 47.6 Å². The van der Waals surface area contributed by atoms with Gasteiger partial charge in [0, 0.05) is 56.3 Å². The molecular weight excluding hydrogens is 437 g/mol. The van der Waals surface area contributed by atoms with E-state index in [1.165, 1.54) is 0 Å². The maximum Gasteiger partial charge on any atom is 0.255 e. The molecule has 2 aromatic rings. The first kappa shape index (κ1) is 22.4. The number of hydrogen-bond donors (Lipinski definition) is 3. The Labute approximate surface area is 198 Å². The molecule has 10 heteroatoms. The molecule has 0 aromatic carbocycles. The monoisotopic (exact) mass is 467 g/mol. The molecule has 0 aliphatic carbocycles. The lowest BCUT2D eigenvalue weighted by Gasteiger charge is -2.35. The van der Waals surface area contributed by atoms with Crippen LogP contribution in [0, 0.1) is 5.82 Å². The summed E-state index contributed by atoms with van der Waals surface area (Å²) in [7, 11) is 0. The standard InChI is InChI=1S/C24H30FN7O2/c1-3-15(2)31-8-4-5-16(13-31)28-23-21(25)19-12-26-24(33)20(19)22(30-23)29-17-11-27-32(14-17)18-6-9-34-10-7-18/h3,11,14,16,18H,1-2,4-10,12-13H2,(H,26,33)(H2,28,29,30). The molecule has 5 heterocycles. The third-order valence-corrected chi connectivity index (χ3v) is 6.72. The van der Waals surface area contributed by atoms with Crippen LogP contribution in [0.2, 0.25) is 0 Å². The van der Waals surface area contributed by atoms with Gasteiger partial charge < -0.3 is 25.6 Å². The van der Waals surface area contributed by atoms with Crippen molar-refractivity contribution in [3.63, 3.8) is 0 Å². The number of halogens is 1. The van der Waals surface area contributed by atoms with Gasteiger partial charge in [0.1, 0.15) is 5.82 Å². The second-order valence-corrected chi connectivity index (χ2v) is 8.96. The Morgan fingerprint density at radius 2 is 2.12 bits per heavy atom. The Kier molecular flexibility index (Phi) is 6.23. The van der Waals surface area contributed by atoms with Crippen molar-refractivity contribution in [3.05, 3.63) is 54.3 Å². The molecule has 34 heavy (non-hydrogen) atoms. The summed E-state index contributed by atoms with van der Waals surface area (Å²) in [6, 6.07) is 0.274. The Balaban J connectivity index is 1.39. The highest BCUT2D eigenvalue weighted by atomic mass is 19.1. The van der Waals surface area contributed by atoms with E-state index in [2.05, 4.69) is 44.1 Å². The number of fused-ring (bicyclic) bond motifs is 1. The molecule has 0 spiro atoms. The van der Waals surface area contributed by atoms with E-state index in [1.54, 1.807) is 12.3 Å². The minimum Gasteiger partial charge on any atom is -0.381 e. The molecule has 3 aliphatic heterocycles. The zero-order valence-corrected chi connectivity index (χ0v) is 19.1. The highest BCUT2D eigenvalue weighted by Gasteiger charge is 2.31. The van der Waals surface area contributed by atoms with Gasteiger partial charge in [-0.15, -0.1) is 0 Å². The highest BCUT2D eigenvalue weighted by molar-refractivity contribution is 6.03. The third-order valence-electron chi connectivity index (χ3n) is 6.72. The number of anilines is 3. The summed E-state index contributed by atoms with van der Waals surface area (Å²) in [5.74, 6) is -0.357. The van der Waals surface area contributed by atoms with Crippen LogP contribution in [0.4, 0.5) is 21.7 Å². The van der Waals surface area contributed by atoms with E-state index in [-0.39, 0.29) is 35.9 Å². The number of carbonyl (C=O) groups excluding carboxylic acids is 1. The summed E-state index contributed by atoms with van der Waals surface area (Å²) in [5.41, 5.74) is 2.12. The van der Waals surface area contributed by atoms with Gasteiger partial charge in [0.05, 0.1) is 23.5 Å². The van der Waals surface area contributed by atoms with Gasteiger partial charge in [-0.1, -0.05) is 13.2 Å². The largest absolute Gasteiger partial charge is 0.381 e. The van der Waals surface area contributed by atoms with E-state index in [9.17, 15) is 4.79 Å². The number of carbonyl (C=O) groups is 1. The number of nitrogens with zero attached hydrogens (tertiary/aromatic N) is 4. The molecule has 2 aromatic heterocycles. The molecule has 180 valence electrons. The summed E-state index contributed by atoms with van der Waals surface area (Å²) in [6.07, 6.45) is 8.97. The van der Waals surface area contributed by atoms with Gasteiger partial charge >= 0.3 is 0 Å². The van der Waals surface area contributed by atoms with Crippen molar-refractivity contribution in [2.75, 3.05) is 36.9 Å². The van der Waals surface area contributed by atoms with Crippen LogP contribution in [-0.2, 0) is 11.3 Å². The minimum absolute atomic E-state index is 0.000292. The molecule has 3 aliphatic rings. The van der Waals surface area contributed by atoms with Gasteiger partial charge in [-0.2, -0.15) is 5.10 Å². The van der Waals surface area contributed by atoms with Crippen LogP contribution < -0.4 is 16.0 Å². The third kappa shape index (κ3) is 4.37. The molecular formula is C24H30FN7O2. The second kappa shape index (κ2) is 9.46. The predicted molar refractivity (Wildman–Crippen MR) is 128 cm³/mol. The predicted octanol–water partition coefficient (Wildman–Crippen LogP) is 3.33. The number of hydrogen-bond acceptors (Lipinski definition) is 7. The molecule has 3 N–H and O–H groups in total. The molecule has 2 saturated heterocycles. The van der Waals surface area contributed by atoms with E-state index < -0.39 is 5.82 Å². The number of allylic oxidation sites excluding steroid dienone is 1. The van der Waals surface area contributed by atoms with Crippen molar-refractivity contribution >= 4 is 23.2 Å². The minimum atomic E-state index is -0.489. The van der Waals surface area contributed by atoms with Crippen molar-refractivity contribution < 1.29 is 13.9 Å². The first-order valence-corrected chi connectivity index (χ1v) is 11.8. The summed E-state index contributed by atoms with van der Waals surface area (Å²) in [4.78, 5) is 19.1. The van der Waals surface area contributed by atoms with Gasteiger partial charge in [0.2, 0.25) is 0 Å². The van der Waals surface area contributed by atoms with Crippen LogP contribution in [0.25, 0.3) is 0 Å². The van der Waals surface area contributed by atoms with Crippen molar-refractivity contribution in [1.29, 1.82) is 0 Å². The second-order valence-electron chi connectivity index (χ2n) is 8.96. The van der Waals surface area contributed by atoms with Gasteiger partial charge in [-0.3, -0.25) is 9.48 Å². The Morgan fingerprint density at radius 3 is 2.91 bits per heavy atom. The number of aromatic nitrogens is 3. The van der Waals surface area contributed by atoms with Crippen molar-refractivity contribution in [3.8, 4) is 0 Å². The van der Waals surface area contributed by atoms with Crippen LogP contribution in [0.15, 0.2) is 37.3 Å². The molecule has 9 nitrogen and oxygen atoms in total. The average Bonchev–Trinajstić information content (AvgIpc) is 3.49. The number of piperidine rings is 1. The van der Waals surface area contributed by atoms with E-state index in [0.29, 0.717) is 36.8 Å². The van der Waals surface area contributed by atoms with Gasteiger partial charge in [-0.05, 0) is 31.8 Å². The van der Waals surface area contributed by atoms with E-state index in [4.69, 9.17) is 4.74 Å². The van der Waals surface area contributed by atoms with Crippen molar-refractivity contribution in [1.82, 2.24) is 25.0 Å². The molecule has 0 saturated carbocycles. The fraction of sp³-hybridized carbons (Fsp3) is 0.458. The van der Waals surface area contributed by atoms with Crippen LogP contribution in [0.5, 0.6) is 0 Å². The van der Waals surface area contributed by atoms with Crippen LogP contribution in [-0.4, -0.2) is 57.9 Å². The van der Waals surface area contributed by atoms with Crippen LogP contribution >= 0.6 is 0 Å². The number of likely N-dealkylation sites (tertiary alicyclic amines) is 1. The molecule has 0 radical (unpaired) electrons. The molecule has 1 unspecified atom stereocenters. The molecule has 2 fully saturated rings. The summed E-state index contributed by atoms with van der Waals surface area (Å²) in [6.45, 7) is 11.0. The summed E-state index contributed by atoms with van der Waals surface area (Å²) in [5, 5.41) is 13.7. The quantitative estimate of drug-likeness (QED) is 0.538. The smallest absolute Gasteiger partial charge is 0.255 e. The first-order chi connectivity index (χ1) is 16.5. The SMILES string of the molecule is C=CC(=C)N1CCCC(Nc2nc(Nc3cnn(C4CCOCC4)c3)c3c(c2F)CNC3=O)C1. The topological polar surface area (TPSA) is 96.3 Å². The lowest BCUT2D eigenvalue weighted by Crippen LogP contribution is -2.41. The first-order valence-electron chi connectivity index (χ1n) is 11.8. The van der Waals surface area contributed by atoms with E-state index in [0.717, 1.165) is 37.9 Å². The lowest BCUT2D eigenvalue weighted by atomic mass is 10.0. The Bertz CT molecular complexity index is 1110. The Hall–Kier alpha value is -3.40. The zero-order valence-electron chi connectivity index (χ0n) is 19.1. The van der Waals surface area contributed by atoms with Crippen LogP contribution in [0.3, 0.4) is 0 Å². The maximum absolute atomic E-state index is 15.4. The molecule has 1 amide bonds. The van der Waals surface area contributed by atoms with Crippen molar-refractivity contribution in [2.24, 2.45) is 0 Å². The maximum atomic E-state index is 15.4.